The molecule has 0 fully saturated rings. The van der Waals surface area contributed by atoms with Crippen molar-refractivity contribution in [1.29, 1.82) is 0 Å². The molecule has 0 spiro atoms. The maximum absolute atomic E-state index is 12.4. The number of nitrogens with one attached hydrogen (secondary N) is 2. The van der Waals surface area contributed by atoms with E-state index in [0.29, 0.717) is 30.3 Å². The second-order valence-corrected chi connectivity index (χ2v) is 7.19. The van der Waals surface area contributed by atoms with E-state index in [1.54, 1.807) is 18.2 Å². The Hall–Kier alpha value is -2.74. The Bertz CT molecular complexity index is 861. The van der Waals surface area contributed by atoms with Gasteiger partial charge in [0.2, 0.25) is 10.9 Å². The quantitative estimate of drug-likeness (QED) is 0.264. The zero-order chi connectivity index (χ0) is 21.1. The van der Waals surface area contributed by atoms with Crippen LogP contribution in [-0.4, -0.2) is 27.5 Å². The lowest BCUT2D eigenvalue weighted by Crippen LogP contribution is -2.11. The number of para-hydroxylation sites is 1. The SMILES string of the molecule is CCCCNc1cc(C(=O)OCCCC)cc(N[SH](=O)=O)c1Oc1ccccc1. The fourth-order valence-electron chi connectivity index (χ4n) is 2.57. The average molecular weight is 421 g/mol. The predicted molar refractivity (Wildman–Crippen MR) is 115 cm³/mol. The van der Waals surface area contributed by atoms with Crippen LogP contribution in [0.5, 0.6) is 11.5 Å². The van der Waals surface area contributed by atoms with Gasteiger partial charge in [-0.3, -0.25) is 4.72 Å². The largest absolute Gasteiger partial charge is 0.462 e. The van der Waals surface area contributed by atoms with E-state index < -0.39 is 16.9 Å². The van der Waals surface area contributed by atoms with Gasteiger partial charge in [-0.25, -0.2) is 13.2 Å². The topological polar surface area (TPSA) is 93.7 Å². The van der Waals surface area contributed by atoms with Crippen molar-refractivity contribution in [3.05, 3.63) is 48.0 Å². The van der Waals surface area contributed by atoms with E-state index in [4.69, 9.17) is 9.47 Å². The third-order valence-corrected chi connectivity index (χ3v) is 4.50. The van der Waals surface area contributed by atoms with Gasteiger partial charge < -0.3 is 14.8 Å². The van der Waals surface area contributed by atoms with Crippen molar-refractivity contribution < 1.29 is 22.7 Å². The molecule has 0 saturated carbocycles. The molecule has 2 aromatic rings. The van der Waals surface area contributed by atoms with E-state index in [0.717, 1.165) is 25.7 Å². The maximum Gasteiger partial charge on any atom is 0.338 e. The molecule has 0 aliphatic carbocycles. The summed E-state index contributed by atoms with van der Waals surface area (Å²) in [7, 11) is -2.95. The van der Waals surface area contributed by atoms with Crippen molar-refractivity contribution in [2.24, 2.45) is 0 Å². The molecule has 0 aromatic heterocycles. The average Bonchev–Trinajstić information content (AvgIpc) is 2.70. The van der Waals surface area contributed by atoms with Gasteiger partial charge in [-0.05, 0) is 37.1 Å². The highest BCUT2D eigenvalue weighted by atomic mass is 32.2. The first-order valence-corrected chi connectivity index (χ1v) is 11.0. The van der Waals surface area contributed by atoms with E-state index in [-0.39, 0.29) is 11.3 Å². The van der Waals surface area contributed by atoms with Crippen LogP contribution in [0.25, 0.3) is 0 Å². The van der Waals surface area contributed by atoms with Gasteiger partial charge in [0.1, 0.15) is 5.75 Å². The molecule has 29 heavy (non-hydrogen) atoms. The summed E-state index contributed by atoms with van der Waals surface area (Å²) in [4.78, 5) is 12.4. The van der Waals surface area contributed by atoms with Crippen LogP contribution in [0.15, 0.2) is 42.5 Å². The molecule has 0 heterocycles. The molecule has 7 nitrogen and oxygen atoms in total. The van der Waals surface area contributed by atoms with Crippen LogP contribution in [0, 0.1) is 0 Å². The summed E-state index contributed by atoms with van der Waals surface area (Å²) in [6.45, 7) is 5.04. The third kappa shape index (κ3) is 7.30. The molecule has 8 heteroatoms. The van der Waals surface area contributed by atoms with Crippen LogP contribution in [0.2, 0.25) is 0 Å². The van der Waals surface area contributed by atoms with Crippen molar-refractivity contribution in [2.45, 2.75) is 39.5 Å². The number of benzene rings is 2. The van der Waals surface area contributed by atoms with Crippen molar-refractivity contribution in [3.63, 3.8) is 0 Å². The van der Waals surface area contributed by atoms with Gasteiger partial charge in [0, 0.05) is 6.54 Å². The molecule has 0 aliphatic heterocycles. The highest BCUT2D eigenvalue weighted by molar-refractivity contribution is 7.73. The number of unbranched alkanes of at least 4 members (excludes halogenated alkanes) is 2. The number of rotatable bonds is 12. The van der Waals surface area contributed by atoms with Gasteiger partial charge in [-0.1, -0.05) is 44.9 Å². The Morgan fingerprint density at radius 1 is 1.00 bits per heavy atom. The lowest BCUT2D eigenvalue weighted by Gasteiger charge is -2.18. The summed E-state index contributed by atoms with van der Waals surface area (Å²) in [6.07, 6.45) is 3.57. The molecule has 0 radical (unpaired) electrons. The van der Waals surface area contributed by atoms with Crippen LogP contribution in [-0.2, 0) is 15.6 Å². The highest BCUT2D eigenvalue weighted by Gasteiger charge is 2.18. The van der Waals surface area contributed by atoms with E-state index in [1.807, 2.05) is 25.1 Å². The minimum atomic E-state index is -2.95. The summed E-state index contributed by atoms with van der Waals surface area (Å²) < 4.78 is 36.4. The van der Waals surface area contributed by atoms with E-state index in [2.05, 4.69) is 17.0 Å². The van der Waals surface area contributed by atoms with Gasteiger partial charge in [-0.2, -0.15) is 0 Å². The van der Waals surface area contributed by atoms with Crippen molar-refractivity contribution in [2.75, 3.05) is 23.2 Å². The Morgan fingerprint density at radius 2 is 1.69 bits per heavy atom. The number of hydrogen-bond acceptors (Lipinski definition) is 6. The van der Waals surface area contributed by atoms with E-state index >= 15 is 0 Å². The molecule has 0 saturated heterocycles. The lowest BCUT2D eigenvalue weighted by atomic mass is 10.1. The number of thiol groups is 1. The molecule has 2 aromatic carbocycles. The molecule has 158 valence electrons. The van der Waals surface area contributed by atoms with Crippen LogP contribution >= 0.6 is 0 Å². The molecule has 0 amide bonds. The summed E-state index contributed by atoms with van der Waals surface area (Å²) in [5, 5.41) is 3.24. The fourth-order valence-corrected chi connectivity index (χ4v) is 2.93. The molecular weight excluding hydrogens is 392 g/mol. The standard InChI is InChI=1S/C21H28N2O5S/c1-3-5-12-22-18-14-16(21(24)27-13-6-4-2)15-19(23-29(25)26)20(18)28-17-10-8-7-9-11-17/h7-11,14-15,22,29H,3-6,12-13H2,1-2H3,(H,23,25,26). The van der Waals surface area contributed by atoms with Crippen molar-refractivity contribution in [1.82, 2.24) is 0 Å². The van der Waals surface area contributed by atoms with Gasteiger partial charge in [0.25, 0.3) is 0 Å². The minimum Gasteiger partial charge on any atom is -0.462 e. The summed E-state index contributed by atoms with van der Waals surface area (Å²) in [5.74, 6) is 0.345. The summed E-state index contributed by atoms with van der Waals surface area (Å²) in [5.41, 5.74) is 0.945. The zero-order valence-electron chi connectivity index (χ0n) is 16.8. The molecule has 0 aliphatic rings. The molecular formula is C21H28N2O5S. The monoisotopic (exact) mass is 420 g/mol. The first-order chi connectivity index (χ1) is 14.0. The Balaban J connectivity index is 2.44. The first kappa shape index (κ1) is 22.5. The van der Waals surface area contributed by atoms with Crippen LogP contribution in [0.3, 0.4) is 0 Å². The number of carbonyl (C=O) groups is 1. The van der Waals surface area contributed by atoms with Gasteiger partial charge in [-0.15, -0.1) is 0 Å². The normalized spacial score (nSPS) is 10.6. The minimum absolute atomic E-state index is 0.175. The second-order valence-electron chi connectivity index (χ2n) is 6.45. The molecule has 0 unspecified atom stereocenters. The number of anilines is 2. The van der Waals surface area contributed by atoms with Crippen LogP contribution < -0.4 is 14.8 Å². The lowest BCUT2D eigenvalue weighted by molar-refractivity contribution is 0.0500. The molecule has 0 atom stereocenters. The number of hydrogen-bond donors (Lipinski definition) is 3. The second kappa shape index (κ2) is 12.0. The van der Waals surface area contributed by atoms with E-state index in [1.165, 1.54) is 6.07 Å². The molecule has 2 N–H and O–H groups in total. The first-order valence-electron chi connectivity index (χ1n) is 9.78. The highest BCUT2D eigenvalue weighted by Crippen LogP contribution is 2.38. The van der Waals surface area contributed by atoms with E-state index in [9.17, 15) is 13.2 Å². The number of ether oxygens (including phenoxy) is 2. The van der Waals surface area contributed by atoms with Crippen LogP contribution in [0.4, 0.5) is 11.4 Å². The zero-order valence-corrected chi connectivity index (χ0v) is 17.7. The Morgan fingerprint density at radius 3 is 2.34 bits per heavy atom. The van der Waals surface area contributed by atoms with Gasteiger partial charge >= 0.3 is 5.97 Å². The summed E-state index contributed by atoms with van der Waals surface area (Å²) in [6, 6.07) is 12.1. The van der Waals surface area contributed by atoms with Crippen molar-refractivity contribution in [3.8, 4) is 11.5 Å². The Kier molecular flexibility index (Phi) is 9.30. The predicted octanol–water partition coefficient (Wildman–Crippen LogP) is 4.59. The number of carbonyl (C=O) groups excluding carboxylic acids is 1. The fraction of sp³-hybridized carbons (Fsp3) is 0.381. The van der Waals surface area contributed by atoms with Gasteiger partial charge in [0.05, 0.1) is 23.5 Å². The molecule has 2 rings (SSSR count). The van der Waals surface area contributed by atoms with Crippen molar-refractivity contribution >= 4 is 28.2 Å². The smallest absolute Gasteiger partial charge is 0.338 e. The van der Waals surface area contributed by atoms with Crippen LogP contribution in [0.1, 0.15) is 49.9 Å². The van der Waals surface area contributed by atoms with Gasteiger partial charge in [0.15, 0.2) is 5.75 Å². The maximum atomic E-state index is 12.4. The number of esters is 1. The Labute approximate surface area is 173 Å². The third-order valence-electron chi connectivity index (χ3n) is 4.08. The molecule has 0 bridgehead atoms. The summed E-state index contributed by atoms with van der Waals surface area (Å²) >= 11 is 0.